The molecule has 7 heteroatoms. The van der Waals surface area contributed by atoms with Crippen LogP contribution >= 0.6 is 23.2 Å². The third kappa shape index (κ3) is 3.45. The molecule has 146 valence electrons. The predicted octanol–water partition coefficient (Wildman–Crippen LogP) is 4.64. The summed E-state index contributed by atoms with van der Waals surface area (Å²) in [5.74, 6) is 1.09. The number of ketones is 1. The molecule has 0 bridgehead atoms. The summed E-state index contributed by atoms with van der Waals surface area (Å²) >= 11 is 12.2. The number of nitrogens with zero attached hydrogens (tertiary/aromatic N) is 1. The Bertz CT molecular complexity index is 951. The van der Waals surface area contributed by atoms with Gasteiger partial charge in [-0.05, 0) is 30.3 Å². The quantitative estimate of drug-likeness (QED) is 0.710. The molecular weight excluding hydrogens is 401 g/mol. The lowest BCUT2D eigenvalue weighted by molar-refractivity contribution is -0.00580. The Morgan fingerprint density at radius 1 is 1.14 bits per heavy atom. The fourth-order valence-corrected chi connectivity index (χ4v) is 4.20. The number of amides is 1. The van der Waals surface area contributed by atoms with E-state index in [9.17, 15) is 9.59 Å². The molecule has 0 aromatic heterocycles. The van der Waals surface area contributed by atoms with Crippen LogP contribution < -0.4 is 9.47 Å². The number of hydrogen-bond donors (Lipinski definition) is 0. The van der Waals surface area contributed by atoms with Gasteiger partial charge in [0.2, 0.25) is 0 Å². The molecule has 0 unspecified atom stereocenters. The maximum Gasteiger partial charge on any atom is 0.255 e. The fourth-order valence-electron chi connectivity index (χ4n) is 3.83. The maximum atomic E-state index is 12.8. The monoisotopic (exact) mass is 419 g/mol. The number of benzene rings is 2. The molecule has 5 nitrogen and oxygen atoms in total. The average molecular weight is 420 g/mol. The summed E-state index contributed by atoms with van der Waals surface area (Å²) in [4.78, 5) is 27.2. The van der Waals surface area contributed by atoms with E-state index in [0.29, 0.717) is 65.0 Å². The Morgan fingerprint density at radius 2 is 1.89 bits per heavy atom. The molecule has 2 heterocycles. The van der Waals surface area contributed by atoms with Crippen LogP contribution in [0.5, 0.6) is 11.5 Å². The fraction of sp³-hybridized carbons (Fsp3) is 0.333. The number of carbonyl (C=O) groups excluding carboxylic acids is 2. The van der Waals surface area contributed by atoms with Crippen molar-refractivity contribution >= 4 is 34.9 Å². The number of fused-ring (bicyclic) bond motifs is 1. The first-order valence-electron chi connectivity index (χ1n) is 9.05. The number of rotatable bonds is 2. The molecule has 0 N–H and O–H groups in total. The van der Waals surface area contributed by atoms with Crippen LogP contribution in [-0.2, 0) is 0 Å². The van der Waals surface area contributed by atoms with E-state index in [-0.39, 0.29) is 11.7 Å². The van der Waals surface area contributed by atoms with Crippen LogP contribution in [0.2, 0.25) is 10.0 Å². The number of ether oxygens (including phenoxy) is 2. The van der Waals surface area contributed by atoms with Gasteiger partial charge < -0.3 is 14.4 Å². The zero-order valence-electron chi connectivity index (χ0n) is 15.3. The molecule has 0 aliphatic carbocycles. The first-order valence-corrected chi connectivity index (χ1v) is 9.81. The summed E-state index contributed by atoms with van der Waals surface area (Å²) in [6.45, 7) is 0.961. The minimum absolute atomic E-state index is 0.0570. The second-order valence-electron chi connectivity index (χ2n) is 7.16. The van der Waals surface area contributed by atoms with Crippen molar-refractivity contribution in [2.24, 2.45) is 0 Å². The van der Waals surface area contributed by atoms with E-state index in [2.05, 4.69) is 0 Å². The SMILES string of the molecule is COc1ccc2c(c1)OC1(CCN(C(=O)c3cc(Cl)ccc3Cl)CC1)CC2=O. The normalized spacial score (nSPS) is 17.8. The van der Waals surface area contributed by atoms with Crippen molar-refractivity contribution < 1.29 is 19.1 Å². The van der Waals surface area contributed by atoms with Gasteiger partial charge in [-0.1, -0.05) is 23.2 Å². The third-order valence-corrected chi connectivity index (χ3v) is 5.98. The number of piperidine rings is 1. The lowest BCUT2D eigenvalue weighted by Gasteiger charge is -2.44. The zero-order chi connectivity index (χ0) is 19.9. The van der Waals surface area contributed by atoms with E-state index in [1.54, 1.807) is 48.4 Å². The van der Waals surface area contributed by atoms with Crippen molar-refractivity contribution in [3.63, 3.8) is 0 Å². The van der Waals surface area contributed by atoms with Gasteiger partial charge in [-0.2, -0.15) is 0 Å². The second kappa shape index (κ2) is 7.30. The van der Waals surface area contributed by atoms with Crippen molar-refractivity contribution in [2.75, 3.05) is 20.2 Å². The number of Topliss-reactive ketones (excluding diaryl/α,β-unsaturated/α-hetero) is 1. The zero-order valence-corrected chi connectivity index (χ0v) is 16.8. The molecule has 2 aromatic carbocycles. The lowest BCUT2D eigenvalue weighted by atomic mass is 9.82. The van der Waals surface area contributed by atoms with Crippen molar-refractivity contribution in [1.82, 2.24) is 4.90 Å². The van der Waals surface area contributed by atoms with E-state index in [0.717, 1.165) is 0 Å². The van der Waals surface area contributed by atoms with Crippen LogP contribution in [0.25, 0.3) is 0 Å². The van der Waals surface area contributed by atoms with Crippen LogP contribution in [0.3, 0.4) is 0 Å². The first-order chi connectivity index (χ1) is 13.4. The number of halogens is 2. The van der Waals surface area contributed by atoms with Gasteiger partial charge in [0.1, 0.15) is 17.1 Å². The van der Waals surface area contributed by atoms with E-state index >= 15 is 0 Å². The summed E-state index contributed by atoms with van der Waals surface area (Å²) in [5.41, 5.74) is 0.377. The summed E-state index contributed by atoms with van der Waals surface area (Å²) in [5, 5.41) is 0.841. The van der Waals surface area contributed by atoms with Crippen LogP contribution in [0.1, 0.15) is 40.0 Å². The Morgan fingerprint density at radius 3 is 2.61 bits per heavy atom. The molecule has 4 rings (SSSR count). The first kappa shape index (κ1) is 19.1. The number of methoxy groups -OCH3 is 1. The van der Waals surface area contributed by atoms with Gasteiger partial charge in [0.15, 0.2) is 5.78 Å². The number of carbonyl (C=O) groups is 2. The molecule has 1 spiro atoms. The van der Waals surface area contributed by atoms with E-state index in [4.69, 9.17) is 32.7 Å². The highest BCUT2D eigenvalue weighted by atomic mass is 35.5. The van der Waals surface area contributed by atoms with Crippen molar-refractivity contribution in [3.05, 3.63) is 57.6 Å². The predicted molar refractivity (Wildman–Crippen MR) is 107 cm³/mol. The summed E-state index contributed by atoms with van der Waals surface area (Å²) < 4.78 is 11.5. The largest absolute Gasteiger partial charge is 0.497 e. The Hall–Kier alpha value is -2.24. The topological polar surface area (TPSA) is 55.8 Å². The smallest absolute Gasteiger partial charge is 0.255 e. The molecule has 0 atom stereocenters. The van der Waals surface area contributed by atoms with Crippen LogP contribution in [-0.4, -0.2) is 42.4 Å². The van der Waals surface area contributed by atoms with Crippen molar-refractivity contribution in [3.8, 4) is 11.5 Å². The Labute approximate surface area is 173 Å². The molecule has 1 amide bonds. The van der Waals surface area contributed by atoms with E-state index in [1.807, 2.05) is 0 Å². The van der Waals surface area contributed by atoms with Gasteiger partial charge in [-0.3, -0.25) is 9.59 Å². The van der Waals surface area contributed by atoms with Crippen LogP contribution in [0, 0.1) is 0 Å². The van der Waals surface area contributed by atoms with Crippen molar-refractivity contribution in [1.29, 1.82) is 0 Å². The van der Waals surface area contributed by atoms with Gasteiger partial charge in [-0.25, -0.2) is 0 Å². The molecule has 28 heavy (non-hydrogen) atoms. The van der Waals surface area contributed by atoms with Gasteiger partial charge >= 0.3 is 0 Å². The van der Waals surface area contributed by atoms with Crippen LogP contribution in [0.4, 0.5) is 0 Å². The Balaban J connectivity index is 1.51. The summed E-state index contributed by atoms with van der Waals surface area (Å²) in [6.07, 6.45) is 1.45. The highest BCUT2D eigenvalue weighted by molar-refractivity contribution is 6.35. The number of hydrogen-bond acceptors (Lipinski definition) is 4. The molecule has 2 aliphatic rings. The second-order valence-corrected chi connectivity index (χ2v) is 8.01. The molecular formula is C21H19Cl2NO4. The molecule has 1 saturated heterocycles. The van der Waals surface area contributed by atoms with Crippen LogP contribution in [0.15, 0.2) is 36.4 Å². The lowest BCUT2D eigenvalue weighted by Crippen LogP contribution is -2.52. The molecule has 2 aromatic rings. The number of likely N-dealkylation sites (tertiary alicyclic amines) is 1. The van der Waals surface area contributed by atoms with Crippen molar-refractivity contribution in [2.45, 2.75) is 24.9 Å². The van der Waals surface area contributed by atoms with Gasteiger partial charge in [0, 0.05) is 37.0 Å². The summed E-state index contributed by atoms with van der Waals surface area (Å²) in [6, 6.07) is 10.1. The van der Waals surface area contributed by atoms with Gasteiger partial charge in [0.05, 0.1) is 29.7 Å². The summed E-state index contributed by atoms with van der Waals surface area (Å²) in [7, 11) is 1.58. The minimum Gasteiger partial charge on any atom is -0.497 e. The highest BCUT2D eigenvalue weighted by Crippen LogP contribution is 2.41. The standard InChI is InChI=1S/C21H19Cl2NO4/c1-27-14-3-4-15-18(25)12-21(28-19(15)11-14)6-8-24(9-7-21)20(26)16-10-13(22)2-5-17(16)23/h2-5,10-11H,6-9,12H2,1H3. The van der Waals surface area contributed by atoms with E-state index < -0.39 is 5.60 Å². The van der Waals surface area contributed by atoms with E-state index in [1.165, 1.54) is 0 Å². The molecule has 0 radical (unpaired) electrons. The molecule has 1 fully saturated rings. The minimum atomic E-state index is -0.592. The molecule has 2 aliphatic heterocycles. The maximum absolute atomic E-state index is 12.8. The highest BCUT2D eigenvalue weighted by Gasteiger charge is 2.44. The Kier molecular flexibility index (Phi) is 4.98. The third-order valence-electron chi connectivity index (χ3n) is 5.42. The molecule has 0 saturated carbocycles. The average Bonchev–Trinajstić information content (AvgIpc) is 2.69. The van der Waals surface area contributed by atoms with Gasteiger partial charge in [-0.15, -0.1) is 0 Å². The van der Waals surface area contributed by atoms with Gasteiger partial charge in [0.25, 0.3) is 5.91 Å².